The number of carbonyl (C=O) groups excluding carboxylic acids is 1. The highest BCUT2D eigenvalue weighted by Crippen LogP contribution is 2.12. The monoisotopic (exact) mass is 193 g/mol. The van der Waals surface area contributed by atoms with Gasteiger partial charge in [-0.3, -0.25) is 4.79 Å². The van der Waals surface area contributed by atoms with Crippen LogP contribution in [0.2, 0.25) is 0 Å². The fourth-order valence-corrected chi connectivity index (χ4v) is 1.11. The van der Waals surface area contributed by atoms with Gasteiger partial charge in [-0.1, -0.05) is 6.07 Å². The Labute approximate surface area is 84.1 Å². The fraction of sp³-hybridized carbons (Fsp3) is 0.364. The van der Waals surface area contributed by atoms with Crippen molar-refractivity contribution in [3.8, 4) is 5.75 Å². The first-order chi connectivity index (χ1) is 6.63. The maximum Gasteiger partial charge on any atom is 0.251 e. The van der Waals surface area contributed by atoms with Gasteiger partial charge in [0, 0.05) is 11.6 Å². The number of methoxy groups -OCH3 is 1. The molecule has 0 unspecified atom stereocenters. The molecular formula is C11H15NO2. The van der Waals surface area contributed by atoms with Gasteiger partial charge in [0.15, 0.2) is 0 Å². The molecule has 0 bridgehead atoms. The number of ether oxygens (including phenoxy) is 1. The molecule has 3 heteroatoms. The summed E-state index contributed by atoms with van der Waals surface area (Å²) in [6.45, 7) is 3.86. The third-order valence-electron chi connectivity index (χ3n) is 1.75. The molecule has 0 atom stereocenters. The minimum Gasteiger partial charge on any atom is -0.497 e. The SMILES string of the molecule is COc1cccc(C(=O)NC(C)C)c1. The summed E-state index contributed by atoms with van der Waals surface area (Å²) >= 11 is 0. The molecule has 0 aliphatic rings. The van der Waals surface area contributed by atoms with Crippen molar-refractivity contribution in [3.05, 3.63) is 29.8 Å². The number of carbonyl (C=O) groups is 1. The Balaban J connectivity index is 2.79. The maximum absolute atomic E-state index is 11.6. The Morgan fingerprint density at radius 1 is 1.43 bits per heavy atom. The molecule has 0 heterocycles. The molecule has 0 fully saturated rings. The molecule has 1 rings (SSSR count). The number of rotatable bonds is 3. The first-order valence-corrected chi connectivity index (χ1v) is 4.58. The van der Waals surface area contributed by atoms with Crippen LogP contribution in [0.1, 0.15) is 24.2 Å². The van der Waals surface area contributed by atoms with Gasteiger partial charge in [-0.15, -0.1) is 0 Å². The molecule has 0 spiro atoms. The zero-order chi connectivity index (χ0) is 10.6. The summed E-state index contributed by atoms with van der Waals surface area (Å²) in [6, 6.07) is 7.24. The van der Waals surface area contributed by atoms with Crippen molar-refractivity contribution in [2.24, 2.45) is 0 Å². The van der Waals surface area contributed by atoms with Crippen LogP contribution in [-0.4, -0.2) is 19.1 Å². The van der Waals surface area contributed by atoms with Gasteiger partial charge >= 0.3 is 0 Å². The molecule has 1 aromatic rings. The summed E-state index contributed by atoms with van der Waals surface area (Å²) in [5.74, 6) is 0.625. The van der Waals surface area contributed by atoms with Crippen LogP contribution in [0.5, 0.6) is 5.75 Å². The quantitative estimate of drug-likeness (QED) is 0.795. The third-order valence-corrected chi connectivity index (χ3v) is 1.75. The summed E-state index contributed by atoms with van der Waals surface area (Å²) in [4.78, 5) is 11.6. The molecule has 0 aliphatic heterocycles. The summed E-state index contributed by atoms with van der Waals surface area (Å²) in [5, 5.41) is 2.82. The van der Waals surface area contributed by atoms with Gasteiger partial charge in [-0.05, 0) is 32.0 Å². The highest BCUT2D eigenvalue weighted by Gasteiger charge is 2.06. The van der Waals surface area contributed by atoms with E-state index in [1.807, 2.05) is 19.9 Å². The van der Waals surface area contributed by atoms with Gasteiger partial charge in [0.2, 0.25) is 0 Å². The van der Waals surface area contributed by atoms with E-state index in [0.29, 0.717) is 11.3 Å². The molecule has 0 saturated carbocycles. The van der Waals surface area contributed by atoms with Gasteiger partial charge in [-0.2, -0.15) is 0 Å². The van der Waals surface area contributed by atoms with Crippen LogP contribution >= 0.6 is 0 Å². The zero-order valence-electron chi connectivity index (χ0n) is 8.70. The first kappa shape index (κ1) is 10.6. The Kier molecular flexibility index (Phi) is 3.51. The smallest absolute Gasteiger partial charge is 0.251 e. The standard InChI is InChI=1S/C11H15NO2/c1-8(2)12-11(13)9-5-4-6-10(7-9)14-3/h4-8H,1-3H3,(H,12,13). The summed E-state index contributed by atoms with van der Waals surface area (Å²) in [5.41, 5.74) is 0.623. The lowest BCUT2D eigenvalue weighted by Gasteiger charge is -2.08. The molecule has 1 aromatic carbocycles. The second kappa shape index (κ2) is 4.65. The molecule has 1 N–H and O–H groups in total. The first-order valence-electron chi connectivity index (χ1n) is 4.58. The molecule has 0 aliphatic carbocycles. The lowest BCUT2D eigenvalue weighted by atomic mass is 10.2. The highest BCUT2D eigenvalue weighted by atomic mass is 16.5. The predicted molar refractivity (Wildman–Crippen MR) is 55.6 cm³/mol. The average Bonchev–Trinajstić information content (AvgIpc) is 2.17. The number of nitrogens with one attached hydrogen (secondary N) is 1. The van der Waals surface area contributed by atoms with Crippen molar-refractivity contribution in [3.63, 3.8) is 0 Å². The predicted octanol–water partition coefficient (Wildman–Crippen LogP) is 1.83. The normalized spacial score (nSPS) is 10.0. The number of hydrogen-bond acceptors (Lipinski definition) is 2. The van der Waals surface area contributed by atoms with Crippen molar-refractivity contribution in [1.82, 2.24) is 5.32 Å². The Hall–Kier alpha value is -1.51. The van der Waals surface area contributed by atoms with Crippen molar-refractivity contribution < 1.29 is 9.53 Å². The van der Waals surface area contributed by atoms with E-state index < -0.39 is 0 Å². The van der Waals surface area contributed by atoms with E-state index in [2.05, 4.69) is 5.32 Å². The van der Waals surface area contributed by atoms with Crippen molar-refractivity contribution >= 4 is 5.91 Å². The van der Waals surface area contributed by atoms with Gasteiger partial charge in [0.05, 0.1) is 7.11 Å². The van der Waals surface area contributed by atoms with Crippen LogP contribution < -0.4 is 10.1 Å². The highest BCUT2D eigenvalue weighted by molar-refractivity contribution is 5.94. The van der Waals surface area contributed by atoms with Gasteiger partial charge in [0.25, 0.3) is 5.91 Å². The average molecular weight is 193 g/mol. The van der Waals surface area contributed by atoms with Crippen LogP contribution in [-0.2, 0) is 0 Å². The second-order valence-electron chi connectivity index (χ2n) is 3.36. The van der Waals surface area contributed by atoms with Crippen molar-refractivity contribution in [2.75, 3.05) is 7.11 Å². The van der Waals surface area contributed by atoms with Gasteiger partial charge in [0.1, 0.15) is 5.75 Å². The summed E-state index contributed by atoms with van der Waals surface area (Å²) in [6.07, 6.45) is 0. The van der Waals surface area contributed by atoms with Crippen molar-refractivity contribution in [1.29, 1.82) is 0 Å². The van der Waals surface area contributed by atoms with E-state index in [1.165, 1.54) is 0 Å². The minimum atomic E-state index is -0.0705. The molecule has 14 heavy (non-hydrogen) atoms. The van der Waals surface area contributed by atoms with Crippen LogP contribution in [0.4, 0.5) is 0 Å². The topological polar surface area (TPSA) is 38.3 Å². The maximum atomic E-state index is 11.6. The molecule has 76 valence electrons. The van der Waals surface area contributed by atoms with Crippen LogP contribution in [0, 0.1) is 0 Å². The van der Waals surface area contributed by atoms with Crippen molar-refractivity contribution in [2.45, 2.75) is 19.9 Å². The number of hydrogen-bond donors (Lipinski definition) is 1. The van der Waals surface area contributed by atoms with E-state index in [1.54, 1.807) is 25.3 Å². The summed E-state index contributed by atoms with van der Waals surface area (Å²) < 4.78 is 5.03. The second-order valence-corrected chi connectivity index (χ2v) is 3.36. The lowest BCUT2D eigenvalue weighted by molar-refractivity contribution is 0.0943. The van der Waals surface area contributed by atoms with E-state index in [0.717, 1.165) is 0 Å². The third kappa shape index (κ3) is 2.76. The molecule has 1 amide bonds. The Morgan fingerprint density at radius 3 is 2.71 bits per heavy atom. The van der Waals surface area contributed by atoms with E-state index >= 15 is 0 Å². The lowest BCUT2D eigenvalue weighted by Crippen LogP contribution is -2.29. The van der Waals surface area contributed by atoms with Crippen LogP contribution in [0.25, 0.3) is 0 Å². The minimum absolute atomic E-state index is 0.0705. The number of amides is 1. The van der Waals surface area contributed by atoms with Crippen LogP contribution in [0.3, 0.4) is 0 Å². The Bertz CT molecular complexity index is 321. The molecule has 3 nitrogen and oxygen atoms in total. The zero-order valence-corrected chi connectivity index (χ0v) is 8.70. The van der Waals surface area contributed by atoms with E-state index in [9.17, 15) is 4.79 Å². The van der Waals surface area contributed by atoms with E-state index in [4.69, 9.17) is 4.74 Å². The molecule has 0 saturated heterocycles. The fourth-order valence-electron chi connectivity index (χ4n) is 1.11. The molecular weight excluding hydrogens is 178 g/mol. The molecule has 0 aromatic heterocycles. The Morgan fingerprint density at radius 2 is 2.14 bits per heavy atom. The van der Waals surface area contributed by atoms with Crippen LogP contribution in [0.15, 0.2) is 24.3 Å². The summed E-state index contributed by atoms with van der Waals surface area (Å²) in [7, 11) is 1.58. The largest absolute Gasteiger partial charge is 0.497 e. The van der Waals surface area contributed by atoms with Gasteiger partial charge in [-0.25, -0.2) is 0 Å². The number of benzene rings is 1. The van der Waals surface area contributed by atoms with E-state index in [-0.39, 0.29) is 11.9 Å². The van der Waals surface area contributed by atoms with Gasteiger partial charge < -0.3 is 10.1 Å². The molecule has 0 radical (unpaired) electrons.